The molecule has 0 radical (unpaired) electrons. The molecule has 0 saturated heterocycles. The van der Waals surface area contributed by atoms with Crippen molar-refractivity contribution >= 4 is 11.6 Å². The molecule has 1 saturated carbocycles. The largest absolute Gasteiger partial charge is 0.385 e. The lowest BCUT2D eigenvalue weighted by Gasteiger charge is -2.37. The molecule has 2 atom stereocenters. The Kier molecular flexibility index (Phi) is 3.67. The molecule has 1 nitrogen and oxygen atoms in total. The van der Waals surface area contributed by atoms with Gasteiger partial charge in [0.2, 0.25) is 0 Å². The summed E-state index contributed by atoms with van der Waals surface area (Å²) in [6.45, 7) is 3.47. The van der Waals surface area contributed by atoms with Gasteiger partial charge < -0.3 is 5.11 Å². The third-order valence-electron chi connectivity index (χ3n) is 2.76. The van der Waals surface area contributed by atoms with Gasteiger partial charge in [-0.1, -0.05) is 30.5 Å². The molecule has 0 heterocycles. The number of aliphatic hydroxyl groups is 1. The van der Waals surface area contributed by atoms with Gasteiger partial charge in [0.05, 0.1) is 10.6 Å². The van der Waals surface area contributed by atoms with Gasteiger partial charge in [-0.25, -0.2) is 0 Å². The van der Waals surface area contributed by atoms with Crippen LogP contribution in [0.1, 0.15) is 25.7 Å². The van der Waals surface area contributed by atoms with Crippen molar-refractivity contribution in [2.24, 2.45) is 5.92 Å². The van der Waals surface area contributed by atoms with E-state index in [2.05, 4.69) is 6.58 Å². The predicted molar refractivity (Wildman–Crippen MR) is 52.2 cm³/mol. The van der Waals surface area contributed by atoms with E-state index in [0.717, 1.165) is 12.8 Å². The van der Waals surface area contributed by atoms with Gasteiger partial charge in [0.25, 0.3) is 6.08 Å². The Morgan fingerprint density at radius 3 is 2.64 bits per heavy atom. The molecule has 2 unspecified atom stereocenters. The fourth-order valence-electron chi connectivity index (χ4n) is 1.90. The van der Waals surface area contributed by atoms with Crippen molar-refractivity contribution < 1.29 is 13.9 Å². The molecule has 1 aliphatic rings. The molecule has 1 rings (SSSR count). The van der Waals surface area contributed by atoms with Crippen molar-refractivity contribution in [2.75, 3.05) is 0 Å². The van der Waals surface area contributed by atoms with Gasteiger partial charge in [-0.15, -0.1) is 6.58 Å². The monoisotopic (exact) mass is 222 g/mol. The predicted octanol–water partition coefficient (Wildman–Crippen LogP) is 3.44. The first-order valence-corrected chi connectivity index (χ1v) is 4.95. The molecule has 1 aliphatic carbocycles. The van der Waals surface area contributed by atoms with Crippen molar-refractivity contribution in [3.8, 4) is 0 Å². The molecule has 0 amide bonds. The van der Waals surface area contributed by atoms with Crippen molar-refractivity contribution in [1.29, 1.82) is 0 Å². The molecule has 0 spiro atoms. The van der Waals surface area contributed by atoms with Gasteiger partial charge in [0.15, 0.2) is 0 Å². The second-order valence-electron chi connectivity index (χ2n) is 3.60. The van der Waals surface area contributed by atoms with Crippen LogP contribution in [0.4, 0.5) is 8.78 Å². The molecule has 0 aromatic heterocycles. The first kappa shape index (κ1) is 11.7. The van der Waals surface area contributed by atoms with Crippen molar-refractivity contribution in [3.05, 3.63) is 23.8 Å². The maximum absolute atomic E-state index is 12.3. The average Bonchev–Trinajstić information content (AvgIpc) is 2.17. The van der Waals surface area contributed by atoms with Crippen molar-refractivity contribution in [2.45, 2.75) is 31.3 Å². The minimum Gasteiger partial charge on any atom is -0.385 e. The van der Waals surface area contributed by atoms with Crippen LogP contribution in [0.25, 0.3) is 0 Å². The van der Waals surface area contributed by atoms with E-state index in [1.165, 1.54) is 6.08 Å². The van der Waals surface area contributed by atoms with Gasteiger partial charge in [0, 0.05) is 5.92 Å². The van der Waals surface area contributed by atoms with Crippen molar-refractivity contribution in [1.82, 2.24) is 0 Å². The first-order chi connectivity index (χ1) is 6.51. The zero-order valence-corrected chi connectivity index (χ0v) is 8.53. The summed E-state index contributed by atoms with van der Waals surface area (Å²) in [5.41, 5.74) is -1.27. The second kappa shape index (κ2) is 4.41. The topological polar surface area (TPSA) is 20.2 Å². The highest BCUT2D eigenvalue weighted by Gasteiger charge is 2.39. The molecule has 1 fully saturated rings. The van der Waals surface area contributed by atoms with E-state index < -0.39 is 22.6 Å². The van der Waals surface area contributed by atoms with Crippen LogP contribution in [0.3, 0.4) is 0 Å². The molecule has 0 aromatic rings. The Labute approximate surface area is 87.1 Å². The Bertz CT molecular complexity index is 261. The van der Waals surface area contributed by atoms with E-state index >= 15 is 0 Å². The first-order valence-electron chi connectivity index (χ1n) is 4.58. The highest BCUT2D eigenvalue weighted by atomic mass is 35.5. The lowest BCUT2D eigenvalue weighted by Crippen LogP contribution is -2.38. The van der Waals surface area contributed by atoms with E-state index in [0.29, 0.717) is 12.8 Å². The number of hydrogen-bond acceptors (Lipinski definition) is 1. The average molecular weight is 223 g/mol. The quantitative estimate of drug-likeness (QED) is 0.710. The van der Waals surface area contributed by atoms with Gasteiger partial charge in [-0.3, -0.25) is 0 Å². The van der Waals surface area contributed by atoms with Crippen LogP contribution in [-0.4, -0.2) is 10.7 Å². The van der Waals surface area contributed by atoms with Crippen LogP contribution in [0.15, 0.2) is 23.8 Å². The third-order valence-corrected chi connectivity index (χ3v) is 3.17. The summed E-state index contributed by atoms with van der Waals surface area (Å²) in [6, 6.07) is 0. The summed E-state index contributed by atoms with van der Waals surface area (Å²) in [7, 11) is 0. The molecule has 14 heavy (non-hydrogen) atoms. The summed E-state index contributed by atoms with van der Waals surface area (Å²) in [5.74, 6) is -0.694. The lowest BCUT2D eigenvalue weighted by molar-refractivity contribution is 0.0124. The van der Waals surface area contributed by atoms with Crippen LogP contribution in [0.2, 0.25) is 0 Å². The molecule has 1 N–H and O–H groups in total. The van der Waals surface area contributed by atoms with Gasteiger partial charge in [0.1, 0.15) is 0 Å². The number of hydrogen-bond donors (Lipinski definition) is 1. The molecule has 80 valence electrons. The van der Waals surface area contributed by atoms with Gasteiger partial charge >= 0.3 is 0 Å². The lowest BCUT2D eigenvalue weighted by atomic mass is 9.75. The maximum Gasteiger partial charge on any atom is 0.285 e. The van der Waals surface area contributed by atoms with Crippen LogP contribution < -0.4 is 0 Å². The minimum absolute atomic E-state index is 0.449. The van der Waals surface area contributed by atoms with Gasteiger partial charge in [-0.05, 0) is 12.8 Å². The summed E-state index contributed by atoms with van der Waals surface area (Å²) in [6.07, 6.45) is 1.98. The molecule has 0 aliphatic heterocycles. The minimum atomic E-state index is -1.90. The van der Waals surface area contributed by atoms with Crippen LogP contribution in [-0.2, 0) is 0 Å². The van der Waals surface area contributed by atoms with Crippen LogP contribution in [0.5, 0.6) is 0 Å². The smallest absolute Gasteiger partial charge is 0.285 e. The fraction of sp³-hybridized carbons (Fsp3) is 0.600. The Balaban J connectivity index is 2.94. The zero-order valence-electron chi connectivity index (χ0n) is 7.77. The fourth-order valence-corrected chi connectivity index (χ4v) is 2.20. The molecular weight excluding hydrogens is 210 g/mol. The Morgan fingerprint density at radius 2 is 2.14 bits per heavy atom. The zero-order chi connectivity index (χ0) is 10.8. The van der Waals surface area contributed by atoms with E-state index in [-0.39, 0.29) is 0 Å². The van der Waals surface area contributed by atoms with E-state index in [1.54, 1.807) is 0 Å². The normalized spacial score (nSPS) is 32.4. The van der Waals surface area contributed by atoms with Crippen LogP contribution >= 0.6 is 11.6 Å². The third kappa shape index (κ3) is 2.15. The van der Waals surface area contributed by atoms with E-state index in [1.807, 2.05) is 0 Å². The number of halogens is 3. The molecule has 0 aromatic carbocycles. The summed E-state index contributed by atoms with van der Waals surface area (Å²) in [4.78, 5) is 0. The standard InChI is InChI=1S/C10H13ClF2O/c1-2-10(14)6-4-3-5-7(10)8(11)9(12)13/h2,7,14H,1,3-6H2. The van der Waals surface area contributed by atoms with Crippen molar-refractivity contribution in [3.63, 3.8) is 0 Å². The molecular formula is C10H13ClF2O. The summed E-state index contributed by atoms with van der Waals surface area (Å²) >= 11 is 5.48. The highest BCUT2D eigenvalue weighted by Crippen LogP contribution is 2.41. The second-order valence-corrected chi connectivity index (χ2v) is 4.01. The van der Waals surface area contributed by atoms with Gasteiger partial charge in [-0.2, -0.15) is 8.78 Å². The Morgan fingerprint density at radius 1 is 1.50 bits per heavy atom. The number of rotatable bonds is 2. The Hall–Kier alpha value is -0.410. The highest BCUT2D eigenvalue weighted by molar-refractivity contribution is 6.30. The molecule has 4 heteroatoms. The summed E-state index contributed by atoms with van der Waals surface area (Å²) < 4.78 is 24.6. The van der Waals surface area contributed by atoms with E-state index in [4.69, 9.17) is 11.6 Å². The van der Waals surface area contributed by atoms with E-state index in [9.17, 15) is 13.9 Å². The SMILES string of the molecule is C=CC1(O)CCCCC1C(Cl)=C(F)F. The van der Waals surface area contributed by atoms with Crippen LogP contribution in [0, 0.1) is 5.92 Å². The maximum atomic E-state index is 12.3. The molecule has 0 bridgehead atoms. The summed E-state index contributed by atoms with van der Waals surface area (Å²) in [5, 5.41) is 9.47.